The van der Waals surface area contributed by atoms with Crippen LogP contribution in [-0.4, -0.2) is 19.5 Å². The highest BCUT2D eigenvalue weighted by atomic mass is 32.2. The van der Waals surface area contributed by atoms with E-state index < -0.39 is 21.7 Å². The van der Waals surface area contributed by atoms with Gasteiger partial charge in [-0.15, -0.1) is 0 Å². The quantitative estimate of drug-likeness (QED) is 0.406. The first kappa shape index (κ1) is 25.2. The number of aromatic nitrogens is 1. The molecular weight excluding hydrogens is 462 g/mol. The predicted molar refractivity (Wildman–Crippen MR) is 130 cm³/mol. The highest BCUT2D eigenvalue weighted by Crippen LogP contribution is 2.38. The second-order valence-corrected chi connectivity index (χ2v) is 9.47. The summed E-state index contributed by atoms with van der Waals surface area (Å²) in [7, 11) is -2.17. The van der Waals surface area contributed by atoms with E-state index in [0.717, 1.165) is 11.5 Å². The highest BCUT2D eigenvalue weighted by Gasteiger charge is 2.21. The fraction of sp³-hybridized carbons (Fsp3) is 0.240. The predicted octanol–water partition coefficient (Wildman–Crippen LogP) is 5.37. The summed E-state index contributed by atoms with van der Waals surface area (Å²) in [6, 6.07) is 9.32. The van der Waals surface area contributed by atoms with Crippen LogP contribution < -0.4 is 14.6 Å². The molecule has 0 aliphatic carbocycles. The Morgan fingerprint density at radius 1 is 1.09 bits per heavy atom. The van der Waals surface area contributed by atoms with Gasteiger partial charge in [0.05, 0.1) is 5.69 Å². The van der Waals surface area contributed by atoms with E-state index in [0.29, 0.717) is 41.3 Å². The third-order valence-corrected chi connectivity index (χ3v) is 6.69. The zero-order chi connectivity index (χ0) is 25.0. The fourth-order valence-corrected chi connectivity index (χ4v) is 4.57. The first-order valence-corrected chi connectivity index (χ1v) is 12.2. The van der Waals surface area contributed by atoms with Crippen LogP contribution in [0.4, 0.5) is 14.5 Å². The van der Waals surface area contributed by atoms with Crippen molar-refractivity contribution in [3.05, 3.63) is 88.2 Å². The third kappa shape index (κ3) is 5.20. The van der Waals surface area contributed by atoms with E-state index in [4.69, 9.17) is 4.74 Å². The van der Waals surface area contributed by atoms with Gasteiger partial charge in [0.15, 0.2) is 11.6 Å². The molecule has 0 aliphatic rings. The highest BCUT2D eigenvalue weighted by molar-refractivity contribution is 7.95. The van der Waals surface area contributed by atoms with Gasteiger partial charge in [-0.1, -0.05) is 20.4 Å². The molecular formula is C25H26F2N2O4S. The number of sulfonamides is 1. The Bertz CT molecular complexity index is 1380. The first-order chi connectivity index (χ1) is 16.1. The molecule has 0 saturated carbocycles. The van der Waals surface area contributed by atoms with Crippen LogP contribution >= 0.6 is 0 Å². The van der Waals surface area contributed by atoms with Gasteiger partial charge in [0.1, 0.15) is 11.6 Å². The standard InChI is InChI=1S/C25H26F2N2O4S/c1-5-12-29(34(31,32)7-3)20-9-11-23(33-24-10-8-19(26)14-22(24)27)21(15-20)18-13-17(6-2)25(30)28(4)16-18/h7-11,13-16H,3,5-6,12H2,1-2,4H3. The Balaban J connectivity index is 2.25. The average molecular weight is 489 g/mol. The monoisotopic (exact) mass is 488 g/mol. The summed E-state index contributed by atoms with van der Waals surface area (Å²) in [6.07, 6.45) is 2.64. The van der Waals surface area contributed by atoms with E-state index in [1.807, 2.05) is 13.8 Å². The molecule has 0 amide bonds. The number of benzene rings is 2. The number of pyridine rings is 1. The molecule has 0 spiro atoms. The van der Waals surface area contributed by atoms with Crippen molar-refractivity contribution in [1.29, 1.82) is 0 Å². The number of ether oxygens (including phenoxy) is 1. The van der Waals surface area contributed by atoms with E-state index in [9.17, 15) is 22.0 Å². The van der Waals surface area contributed by atoms with Crippen LogP contribution in [0.1, 0.15) is 25.8 Å². The minimum Gasteiger partial charge on any atom is -0.454 e. The van der Waals surface area contributed by atoms with Gasteiger partial charge in [-0.05, 0) is 49.2 Å². The summed E-state index contributed by atoms with van der Waals surface area (Å²) >= 11 is 0. The Labute approximate surface area is 197 Å². The lowest BCUT2D eigenvalue weighted by atomic mass is 10.0. The smallest absolute Gasteiger partial charge is 0.256 e. The Morgan fingerprint density at radius 3 is 2.41 bits per heavy atom. The molecule has 0 fully saturated rings. The number of hydrogen-bond acceptors (Lipinski definition) is 4. The number of anilines is 1. The second kappa shape index (κ2) is 10.2. The molecule has 0 radical (unpaired) electrons. The van der Waals surface area contributed by atoms with Crippen molar-refractivity contribution in [3.63, 3.8) is 0 Å². The zero-order valence-corrected chi connectivity index (χ0v) is 20.0. The van der Waals surface area contributed by atoms with Crippen molar-refractivity contribution in [2.45, 2.75) is 26.7 Å². The van der Waals surface area contributed by atoms with Crippen LogP contribution in [0.5, 0.6) is 11.5 Å². The topological polar surface area (TPSA) is 68.6 Å². The molecule has 180 valence electrons. The summed E-state index contributed by atoms with van der Waals surface area (Å²) < 4.78 is 61.4. The van der Waals surface area contributed by atoms with Crippen LogP contribution in [0, 0.1) is 11.6 Å². The van der Waals surface area contributed by atoms with Crippen molar-refractivity contribution >= 4 is 15.7 Å². The molecule has 9 heteroatoms. The molecule has 0 saturated heterocycles. The second-order valence-electron chi connectivity index (χ2n) is 7.66. The van der Waals surface area contributed by atoms with Gasteiger partial charge >= 0.3 is 0 Å². The van der Waals surface area contributed by atoms with Gasteiger partial charge in [0.2, 0.25) is 0 Å². The summed E-state index contributed by atoms with van der Waals surface area (Å²) in [5.74, 6) is -1.61. The lowest BCUT2D eigenvalue weighted by Gasteiger charge is -2.24. The van der Waals surface area contributed by atoms with Crippen LogP contribution in [-0.2, 0) is 23.5 Å². The van der Waals surface area contributed by atoms with Crippen LogP contribution in [0.2, 0.25) is 0 Å². The molecule has 34 heavy (non-hydrogen) atoms. The van der Waals surface area contributed by atoms with Crippen LogP contribution in [0.15, 0.2) is 65.4 Å². The van der Waals surface area contributed by atoms with Crippen molar-refractivity contribution in [2.24, 2.45) is 7.05 Å². The van der Waals surface area contributed by atoms with Gasteiger partial charge < -0.3 is 9.30 Å². The van der Waals surface area contributed by atoms with Crippen molar-refractivity contribution in [2.75, 3.05) is 10.8 Å². The van der Waals surface area contributed by atoms with Crippen LogP contribution in [0.25, 0.3) is 11.1 Å². The van der Waals surface area contributed by atoms with E-state index in [1.54, 1.807) is 31.4 Å². The maximum Gasteiger partial charge on any atom is 0.256 e. The molecule has 0 unspecified atom stereocenters. The van der Waals surface area contributed by atoms with E-state index >= 15 is 0 Å². The number of nitrogens with zero attached hydrogens (tertiary/aromatic N) is 2. The summed E-state index contributed by atoms with van der Waals surface area (Å²) in [4.78, 5) is 12.4. The van der Waals surface area contributed by atoms with Crippen molar-refractivity contribution < 1.29 is 21.9 Å². The first-order valence-electron chi connectivity index (χ1n) is 10.7. The largest absolute Gasteiger partial charge is 0.454 e. The van der Waals surface area contributed by atoms with Crippen molar-refractivity contribution in [3.8, 4) is 22.6 Å². The maximum absolute atomic E-state index is 14.3. The van der Waals surface area contributed by atoms with Gasteiger partial charge in [-0.25, -0.2) is 17.2 Å². The molecule has 6 nitrogen and oxygen atoms in total. The minimum absolute atomic E-state index is 0.156. The molecule has 0 bridgehead atoms. The molecule has 0 aliphatic heterocycles. The molecule has 0 N–H and O–H groups in total. The third-order valence-electron chi connectivity index (χ3n) is 5.26. The normalized spacial score (nSPS) is 11.3. The number of aryl methyl sites for hydroxylation is 2. The Kier molecular flexibility index (Phi) is 7.56. The van der Waals surface area contributed by atoms with E-state index in [-0.39, 0.29) is 23.6 Å². The van der Waals surface area contributed by atoms with Gasteiger partial charge in [0, 0.05) is 48.0 Å². The van der Waals surface area contributed by atoms with Gasteiger partial charge in [-0.3, -0.25) is 9.10 Å². The summed E-state index contributed by atoms with van der Waals surface area (Å²) in [6.45, 7) is 7.33. The van der Waals surface area contributed by atoms with Gasteiger partial charge in [0.25, 0.3) is 15.6 Å². The number of hydrogen-bond donors (Lipinski definition) is 0. The van der Waals surface area contributed by atoms with Crippen molar-refractivity contribution in [1.82, 2.24) is 4.57 Å². The minimum atomic E-state index is -3.79. The van der Waals surface area contributed by atoms with E-state index in [2.05, 4.69) is 6.58 Å². The zero-order valence-electron chi connectivity index (χ0n) is 19.2. The average Bonchev–Trinajstić information content (AvgIpc) is 2.81. The summed E-state index contributed by atoms with van der Waals surface area (Å²) in [5, 5.41) is 0.877. The summed E-state index contributed by atoms with van der Waals surface area (Å²) in [5.41, 5.74) is 1.76. The molecule has 1 heterocycles. The molecule has 0 atom stereocenters. The molecule has 3 rings (SSSR count). The maximum atomic E-state index is 14.3. The fourth-order valence-electron chi connectivity index (χ4n) is 3.54. The van der Waals surface area contributed by atoms with E-state index in [1.165, 1.54) is 21.0 Å². The lowest BCUT2D eigenvalue weighted by Crippen LogP contribution is -2.29. The Hall–Kier alpha value is -3.46. The number of rotatable bonds is 9. The lowest BCUT2D eigenvalue weighted by molar-refractivity contribution is 0.439. The molecule has 3 aromatic rings. The Morgan fingerprint density at radius 2 is 1.79 bits per heavy atom. The molecule has 1 aromatic heterocycles. The SMILES string of the molecule is C=CS(=O)(=O)N(CCC)c1ccc(Oc2ccc(F)cc2F)c(-c2cc(CC)c(=O)n(C)c2)c1. The van der Waals surface area contributed by atoms with Gasteiger partial charge in [-0.2, -0.15) is 0 Å². The number of halogens is 2. The van der Waals surface area contributed by atoms with Crippen LogP contribution in [0.3, 0.4) is 0 Å². The molecule has 2 aromatic carbocycles.